The normalized spacial score (nSPS) is 11.4. The number of carbonyl (C=O) groups excluding carboxylic acids is 1. The molecule has 0 radical (unpaired) electrons. The van der Waals surface area contributed by atoms with Crippen molar-refractivity contribution < 1.29 is 17.9 Å². The molecule has 2 aromatic heterocycles. The minimum absolute atomic E-state index is 0.0281. The van der Waals surface area contributed by atoms with E-state index in [1.807, 2.05) is 54.0 Å². The zero-order valence-electron chi connectivity index (χ0n) is 21.1. The van der Waals surface area contributed by atoms with Crippen molar-refractivity contribution in [2.24, 2.45) is 0 Å². The zero-order valence-corrected chi connectivity index (χ0v) is 24.3. The van der Waals surface area contributed by atoms with Gasteiger partial charge >= 0.3 is 0 Å². The number of hydrogen-bond acceptors (Lipinski definition) is 6. The summed E-state index contributed by atoms with van der Waals surface area (Å²) in [5.41, 5.74) is 3.01. The van der Waals surface area contributed by atoms with Gasteiger partial charge in [0.05, 0.1) is 28.3 Å². The van der Waals surface area contributed by atoms with Crippen molar-refractivity contribution in [3.05, 3.63) is 113 Å². The SMILES string of the molecule is COc1ccc(S(=O)(=O)Nc2ccc(Br)cc2)cc1NC(=O)C=Cc1cn(-c2ccccc2)nc1-c1cccs1. The number of benzene rings is 3. The number of aromatic nitrogens is 2. The van der Waals surface area contributed by atoms with Gasteiger partial charge in [0.2, 0.25) is 5.91 Å². The van der Waals surface area contributed by atoms with E-state index in [0.29, 0.717) is 11.4 Å². The second-order valence-electron chi connectivity index (χ2n) is 8.49. The maximum Gasteiger partial charge on any atom is 0.261 e. The van der Waals surface area contributed by atoms with Crippen LogP contribution in [0.2, 0.25) is 0 Å². The Bertz CT molecular complexity index is 1770. The molecule has 0 saturated carbocycles. The van der Waals surface area contributed by atoms with Crippen molar-refractivity contribution in [1.29, 1.82) is 0 Å². The fourth-order valence-corrected chi connectivity index (χ4v) is 5.93. The molecule has 11 heteroatoms. The molecule has 202 valence electrons. The van der Waals surface area contributed by atoms with Gasteiger partial charge in [0, 0.05) is 28.0 Å². The fraction of sp³-hybridized carbons (Fsp3) is 0.0345. The predicted molar refractivity (Wildman–Crippen MR) is 162 cm³/mol. The van der Waals surface area contributed by atoms with Gasteiger partial charge in [0.25, 0.3) is 10.0 Å². The van der Waals surface area contributed by atoms with Gasteiger partial charge < -0.3 is 10.1 Å². The zero-order chi connectivity index (χ0) is 28.1. The van der Waals surface area contributed by atoms with Gasteiger partial charge in [-0.1, -0.05) is 40.2 Å². The van der Waals surface area contributed by atoms with Crippen LogP contribution in [0.25, 0.3) is 22.3 Å². The summed E-state index contributed by atoms with van der Waals surface area (Å²) in [5, 5.41) is 9.44. The summed E-state index contributed by atoms with van der Waals surface area (Å²) in [6.45, 7) is 0. The molecule has 0 unspecified atom stereocenters. The molecule has 0 saturated heterocycles. The number of sulfonamides is 1. The van der Waals surface area contributed by atoms with Crippen molar-refractivity contribution in [3.8, 4) is 22.0 Å². The molecule has 1 amide bonds. The van der Waals surface area contributed by atoms with Crippen LogP contribution in [-0.2, 0) is 14.8 Å². The Kier molecular flexibility index (Phi) is 8.15. The van der Waals surface area contributed by atoms with E-state index in [1.165, 1.54) is 31.4 Å². The van der Waals surface area contributed by atoms with Gasteiger partial charge in [-0.2, -0.15) is 5.10 Å². The van der Waals surface area contributed by atoms with Gasteiger partial charge in [-0.3, -0.25) is 9.52 Å². The number of amides is 1. The fourth-order valence-electron chi connectivity index (χ4n) is 3.85. The van der Waals surface area contributed by atoms with E-state index >= 15 is 0 Å². The van der Waals surface area contributed by atoms with Crippen LogP contribution in [0.15, 0.2) is 112 Å². The average Bonchev–Trinajstić information content (AvgIpc) is 3.64. The Hall–Kier alpha value is -4.19. The molecule has 0 bridgehead atoms. The van der Waals surface area contributed by atoms with Gasteiger partial charge in [-0.15, -0.1) is 11.3 Å². The van der Waals surface area contributed by atoms with Crippen molar-refractivity contribution in [3.63, 3.8) is 0 Å². The number of carbonyl (C=O) groups is 1. The highest BCUT2D eigenvalue weighted by Crippen LogP contribution is 2.30. The van der Waals surface area contributed by atoms with Crippen molar-refractivity contribution in [2.75, 3.05) is 17.1 Å². The number of methoxy groups -OCH3 is 1. The first-order valence-corrected chi connectivity index (χ1v) is 15.1. The molecule has 0 aliphatic heterocycles. The predicted octanol–water partition coefficient (Wildman–Crippen LogP) is 6.82. The van der Waals surface area contributed by atoms with Crippen LogP contribution in [0.5, 0.6) is 5.75 Å². The second-order valence-corrected chi connectivity index (χ2v) is 12.0. The van der Waals surface area contributed by atoms with Gasteiger partial charge in [0.15, 0.2) is 0 Å². The summed E-state index contributed by atoms with van der Waals surface area (Å²) >= 11 is 4.88. The Labute approximate surface area is 244 Å². The van der Waals surface area contributed by atoms with Gasteiger partial charge in [-0.25, -0.2) is 13.1 Å². The Balaban J connectivity index is 1.39. The van der Waals surface area contributed by atoms with Crippen LogP contribution in [0, 0.1) is 0 Å². The number of anilines is 2. The average molecular weight is 636 g/mol. The third-order valence-electron chi connectivity index (χ3n) is 5.77. The molecule has 8 nitrogen and oxygen atoms in total. The quantitative estimate of drug-likeness (QED) is 0.173. The lowest BCUT2D eigenvalue weighted by Crippen LogP contribution is -2.14. The summed E-state index contributed by atoms with van der Waals surface area (Å²) in [7, 11) is -2.47. The number of para-hydroxylation sites is 1. The summed E-state index contributed by atoms with van der Waals surface area (Å²) < 4.78 is 36.5. The Morgan fingerprint density at radius 2 is 1.80 bits per heavy atom. The van der Waals surface area contributed by atoms with Crippen molar-refractivity contribution in [1.82, 2.24) is 9.78 Å². The molecule has 5 rings (SSSR count). The monoisotopic (exact) mass is 634 g/mol. The number of nitrogens with one attached hydrogen (secondary N) is 2. The number of nitrogens with zero attached hydrogens (tertiary/aromatic N) is 2. The van der Waals surface area contributed by atoms with Crippen molar-refractivity contribution in [2.45, 2.75) is 4.90 Å². The number of halogens is 1. The van der Waals surface area contributed by atoms with Crippen LogP contribution in [-0.4, -0.2) is 31.2 Å². The molecular weight excluding hydrogens is 612 g/mol. The van der Waals surface area contributed by atoms with Crippen LogP contribution in [0.1, 0.15) is 5.56 Å². The minimum Gasteiger partial charge on any atom is -0.495 e. The lowest BCUT2D eigenvalue weighted by atomic mass is 10.2. The maximum atomic E-state index is 13.0. The first-order chi connectivity index (χ1) is 19.3. The lowest BCUT2D eigenvalue weighted by molar-refractivity contribution is -0.111. The second kappa shape index (κ2) is 11.9. The summed E-state index contributed by atoms with van der Waals surface area (Å²) in [4.78, 5) is 13.9. The first kappa shape index (κ1) is 27.4. The topological polar surface area (TPSA) is 102 Å². The molecule has 40 heavy (non-hydrogen) atoms. The van der Waals surface area contributed by atoms with Crippen LogP contribution in [0.3, 0.4) is 0 Å². The number of ether oxygens (including phenoxy) is 1. The number of thiophene rings is 1. The molecule has 0 aliphatic carbocycles. The molecule has 0 fully saturated rings. The summed E-state index contributed by atoms with van der Waals surface area (Å²) in [5.74, 6) is -0.140. The number of rotatable bonds is 9. The van der Waals surface area contributed by atoms with Crippen LogP contribution < -0.4 is 14.8 Å². The molecule has 2 N–H and O–H groups in total. The van der Waals surface area contributed by atoms with E-state index in [0.717, 1.165) is 26.3 Å². The lowest BCUT2D eigenvalue weighted by Gasteiger charge is -2.13. The Morgan fingerprint density at radius 1 is 1.02 bits per heavy atom. The number of hydrogen-bond donors (Lipinski definition) is 2. The molecular formula is C29H23BrN4O4S2. The molecule has 2 heterocycles. The highest BCUT2D eigenvalue weighted by molar-refractivity contribution is 9.10. The first-order valence-electron chi connectivity index (χ1n) is 12.0. The Morgan fingerprint density at radius 3 is 2.50 bits per heavy atom. The largest absolute Gasteiger partial charge is 0.495 e. The summed E-state index contributed by atoms with van der Waals surface area (Å²) in [6.07, 6.45) is 4.92. The molecule has 0 spiro atoms. The standard InChI is InChI=1S/C29H23BrN4O4S2/c1-38-26-15-14-24(40(36,37)33-22-12-10-21(30)11-13-22)18-25(26)31-28(35)16-9-20-19-34(23-6-3-2-4-7-23)32-29(20)27-8-5-17-39-27/h2-19,33H,1H3,(H,31,35). The smallest absolute Gasteiger partial charge is 0.261 e. The molecule has 0 aliphatic rings. The van der Waals surface area contributed by atoms with Crippen molar-refractivity contribution >= 4 is 60.6 Å². The molecule has 3 aromatic carbocycles. The third kappa shape index (κ3) is 6.33. The van der Waals surface area contributed by atoms with E-state index in [4.69, 9.17) is 9.84 Å². The minimum atomic E-state index is -3.92. The van der Waals surface area contributed by atoms with E-state index in [-0.39, 0.29) is 10.6 Å². The highest BCUT2D eigenvalue weighted by Gasteiger charge is 2.18. The van der Waals surface area contributed by atoms with E-state index < -0.39 is 15.9 Å². The van der Waals surface area contributed by atoms with Gasteiger partial charge in [-0.05, 0) is 72.1 Å². The molecule has 0 atom stereocenters. The molecule has 5 aromatic rings. The van der Waals surface area contributed by atoms with Crippen LogP contribution >= 0.6 is 27.3 Å². The van der Waals surface area contributed by atoms with E-state index in [2.05, 4.69) is 26.0 Å². The van der Waals surface area contributed by atoms with E-state index in [9.17, 15) is 13.2 Å². The summed E-state index contributed by atoms with van der Waals surface area (Å²) in [6, 6.07) is 24.6. The van der Waals surface area contributed by atoms with Gasteiger partial charge in [0.1, 0.15) is 11.4 Å². The van der Waals surface area contributed by atoms with Crippen LogP contribution in [0.4, 0.5) is 11.4 Å². The maximum absolute atomic E-state index is 13.0. The van der Waals surface area contributed by atoms with E-state index in [1.54, 1.807) is 46.4 Å². The highest BCUT2D eigenvalue weighted by atomic mass is 79.9. The third-order valence-corrected chi connectivity index (χ3v) is 8.55.